The summed E-state index contributed by atoms with van der Waals surface area (Å²) in [5.41, 5.74) is 0. The topological polar surface area (TPSA) is 46.2 Å². The van der Waals surface area contributed by atoms with Crippen LogP contribution in [0, 0.1) is 5.92 Å². The standard InChI is InChI=1S/C10H23NO2S/c1-6-7-8(2)10(11-4)9(3)14(5,12)13/h8-11H,6-7H2,1-5H3. The molecule has 0 aromatic rings. The van der Waals surface area contributed by atoms with Crippen molar-refractivity contribution in [3.05, 3.63) is 0 Å². The SMILES string of the molecule is CCCC(C)C(NC)C(C)S(C)(=O)=O. The minimum Gasteiger partial charge on any atom is -0.315 e. The summed E-state index contributed by atoms with van der Waals surface area (Å²) < 4.78 is 22.8. The Balaban J connectivity index is 4.56. The van der Waals surface area contributed by atoms with Crippen molar-refractivity contribution in [2.45, 2.75) is 44.9 Å². The third-order valence-electron chi connectivity index (χ3n) is 2.87. The van der Waals surface area contributed by atoms with E-state index in [9.17, 15) is 8.42 Å². The molecule has 86 valence electrons. The Bertz CT molecular complexity index is 249. The molecule has 0 spiro atoms. The van der Waals surface area contributed by atoms with Crippen LogP contribution in [-0.4, -0.2) is 33.0 Å². The highest BCUT2D eigenvalue weighted by Crippen LogP contribution is 2.17. The van der Waals surface area contributed by atoms with Crippen LogP contribution in [0.25, 0.3) is 0 Å². The molecule has 0 aliphatic carbocycles. The van der Waals surface area contributed by atoms with Crippen LogP contribution in [0.1, 0.15) is 33.6 Å². The Morgan fingerprint density at radius 3 is 2.07 bits per heavy atom. The first-order chi connectivity index (χ1) is 6.34. The van der Waals surface area contributed by atoms with Crippen LogP contribution in [0.4, 0.5) is 0 Å². The highest BCUT2D eigenvalue weighted by molar-refractivity contribution is 7.91. The van der Waals surface area contributed by atoms with Gasteiger partial charge >= 0.3 is 0 Å². The molecule has 0 aromatic heterocycles. The molecule has 0 fully saturated rings. The molecule has 0 heterocycles. The molecule has 3 atom stereocenters. The summed E-state index contributed by atoms with van der Waals surface area (Å²) in [7, 11) is -1.11. The van der Waals surface area contributed by atoms with E-state index in [4.69, 9.17) is 0 Å². The zero-order valence-corrected chi connectivity index (χ0v) is 10.7. The van der Waals surface area contributed by atoms with Gasteiger partial charge in [-0.05, 0) is 26.3 Å². The summed E-state index contributed by atoms with van der Waals surface area (Å²) in [6.45, 7) is 6.00. The van der Waals surface area contributed by atoms with Crippen LogP contribution in [0.3, 0.4) is 0 Å². The Morgan fingerprint density at radius 2 is 1.79 bits per heavy atom. The van der Waals surface area contributed by atoms with E-state index in [2.05, 4.69) is 19.2 Å². The third-order valence-corrected chi connectivity index (χ3v) is 4.52. The fraction of sp³-hybridized carbons (Fsp3) is 1.00. The van der Waals surface area contributed by atoms with E-state index in [1.165, 1.54) is 6.26 Å². The second-order valence-electron chi connectivity index (χ2n) is 4.12. The van der Waals surface area contributed by atoms with E-state index >= 15 is 0 Å². The van der Waals surface area contributed by atoms with Gasteiger partial charge in [-0.1, -0.05) is 20.3 Å². The molecule has 4 heteroatoms. The average Bonchev–Trinajstić information content (AvgIpc) is 2.04. The molecule has 3 unspecified atom stereocenters. The van der Waals surface area contributed by atoms with Gasteiger partial charge in [-0.15, -0.1) is 0 Å². The molecule has 0 amide bonds. The number of sulfone groups is 1. The fourth-order valence-electron chi connectivity index (χ4n) is 1.88. The Morgan fingerprint density at radius 1 is 1.29 bits per heavy atom. The lowest BCUT2D eigenvalue weighted by Gasteiger charge is -2.28. The second-order valence-corrected chi connectivity index (χ2v) is 6.52. The summed E-state index contributed by atoms with van der Waals surface area (Å²) in [5, 5.41) is 2.80. The van der Waals surface area contributed by atoms with E-state index in [0.717, 1.165) is 12.8 Å². The molecule has 1 N–H and O–H groups in total. The maximum Gasteiger partial charge on any atom is 0.151 e. The van der Waals surface area contributed by atoms with E-state index in [1.54, 1.807) is 6.92 Å². The summed E-state index contributed by atoms with van der Waals surface area (Å²) in [6.07, 6.45) is 3.46. The lowest BCUT2D eigenvalue weighted by atomic mass is 9.95. The smallest absolute Gasteiger partial charge is 0.151 e. The van der Waals surface area contributed by atoms with Gasteiger partial charge in [0.25, 0.3) is 0 Å². The minimum atomic E-state index is -2.94. The molecule has 0 bridgehead atoms. The van der Waals surface area contributed by atoms with Gasteiger partial charge < -0.3 is 5.32 Å². The number of hydrogen-bond donors (Lipinski definition) is 1. The highest BCUT2D eigenvalue weighted by Gasteiger charge is 2.28. The molecule has 0 saturated carbocycles. The number of hydrogen-bond acceptors (Lipinski definition) is 3. The first kappa shape index (κ1) is 13.9. The lowest BCUT2D eigenvalue weighted by Crippen LogP contribution is -2.44. The van der Waals surface area contributed by atoms with Crippen LogP contribution in [0.5, 0.6) is 0 Å². The maximum absolute atomic E-state index is 11.4. The largest absolute Gasteiger partial charge is 0.315 e. The Hall–Kier alpha value is -0.0900. The van der Waals surface area contributed by atoms with Crippen molar-refractivity contribution in [3.63, 3.8) is 0 Å². The Labute approximate surface area is 88.2 Å². The van der Waals surface area contributed by atoms with Crippen LogP contribution >= 0.6 is 0 Å². The quantitative estimate of drug-likeness (QED) is 0.738. The minimum absolute atomic E-state index is 0.0601. The van der Waals surface area contributed by atoms with Gasteiger partial charge in [-0.2, -0.15) is 0 Å². The van der Waals surface area contributed by atoms with Crippen molar-refractivity contribution >= 4 is 9.84 Å². The average molecular weight is 221 g/mol. The zero-order chi connectivity index (χ0) is 11.4. The first-order valence-corrected chi connectivity index (χ1v) is 7.16. The van der Waals surface area contributed by atoms with Crippen LogP contribution in [0.15, 0.2) is 0 Å². The van der Waals surface area contributed by atoms with Gasteiger partial charge in [0.15, 0.2) is 9.84 Å². The molecule has 0 aliphatic heterocycles. The predicted molar refractivity (Wildman–Crippen MR) is 61.2 cm³/mol. The van der Waals surface area contributed by atoms with Crippen molar-refractivity contribution in [2.24, 2.45) is 5.92 Å². The van der Waals surface area contributed by atoms with E-state index < -0.39 is 9.84 Å². The van der Waals surface area contributed by atoms with Crippen molar-refractivity contribution in [1.29, 1.82) is 0 Å². The molecular weight excluding hydrogens is 198 g/mol. The lowest BCUT2D eigenvalue weighted by molar-refractivity contribution is 0.364. The third kappa shape index (κ3) is 3.96. The molecule has 0 aromatic carbocycles. The number of rotatable bonds is 6. The van der Waals surface area contributed by atoms with Crippen LogP contribution in [0.2, 0.25) is 0 Å². The van der Waals surface area contributed by atoms with Gasteiger partial charge in [0.1, 0.15) is 0 Å². The monoisotopic (exact) mass is 221 g/mol. The summed E-state index contributed by atoms with van der Waals surface area (Å²) in [4.78, 5) is 0. The van der Waals surface area contributed by atoms with Crippen LogP contribution < -0.4 is 5.32 Å². The summed E-state index contributed by atoms with van der Waals surface area (Å²) in [6, 6.07) is 0.0601. The Kier molecular flexibility index (Phi) is 5.67. The predicted octanol–water partition coefficient (Wildman–Crippen LogP) is 1.44. The fourth-order valence-corrected chi connectivity index (χ4v) is 2.82. The zero-order valence-electron chi connectivity index (χ0n) is 9.87. The normalized spacial score (nSPS) is 18.9. The van der Waals surface area contributed by atoms with Crippen molar-refractivity contribution in [1.82, 2.24) is 5.32 Å². The van der Waals surface area contributed by atoms with Crippen LogP contribution in [-0.2, 0) is 9.84 Å². The van der Waals surface area contributed by atoms with Gasteiger partial charge in [-0.3, -0.25) is 0 Å². The highest BCUT2D eigenvalue weighted by atomic mass is 32.2. The second kappa shape index (κ2) is 5.71. The molecule has 0 saturated heterocycles. The summed E-state index contributed by atoms with van der Waals surface area (Å²) in [5.74, 6) is 0.398. The van der Waals surface area contributed by atoms with Gasteiger partial charge in [0, 0.05) is 12.3 Å². The first-order valence-electron chi connectivity index (χ1n) is 5.20. The van der Waals surface area contributed by atoms with E-state index in [0.29, 0.717) is 5.92 Å². The van der Waals surface area contributed by atoms with Gasteiger partial charge in [0.05, 0.1) is 5.25 Å². The van der Waals surface area contributed by atoms with E-state index in [1.807, 2.05) is 7.05 Å². The number of nitrogens with one attached hydrogen (secondary N) is 1. The molecule has 14 heavy (non-hydrogen) atoms. The molecule has 0 rings (SSSR count). The summed E-state index contributed by atoms with van der Waals surface area (Å²) >= 11 is 0. The molecule has 0 aliphatic rings. The molecule has 3 nitrogen and oxygen atoms in total. The van der Waals surface area contributed by atoms with Crippen molar-refractivity contribution in [2.75, 3.05) is 13.3 Å². The van der Waals surface area contributed by atoms with Gasteiger partial charge in [0.2, 0.25) is 0 Å². The van der Waals surface area contributed by atoms with Crippen molar-refractivity contribution in [3.8, 4) is 0 Å². The van der Waals surface area contributed by atoms with Crippen molar-refractivity contribution < 1.29 is 8.42 Å². The van der Waals surface area contributed by atoms with E-state index in [-0.39, 0.29) is 11.3 Å². The maximum atomic E-state index is 11.4. The molecule has 0 radical (unpaired) electrons. The van der Waals surface area contributed by atoms with Gasteiger partial charge in [-0.25, -0.2) is 8.42 Å². The molecular formula is C10H23NO2S.